The van der Waals surface area contributed by atoms with Gasteiger partial charge in [0.25, 0.3) is 0 Å². The molecule has 4 N–H and O–H groups in total. The summed E-state index contributed by atoms with van der Waals surface area (Å²) < 4.78 is 22.1. The normalized spacial score (nSPS) is 13.1. The van der Waals surface area contributed by atoms with Gasteiger partial charge in [0.1, 0.15) is 25.6 Å². The van der Waals surface area contributed by atoms with Gasteiger partial charge in [0.2, 0.25) is 0 Å². The van der Waals surface area contributed by atoms with Crippen molar-refractivity contribution in [3.05, 3.63) is 59.9 Å². The van der Waals surface area contributed by atoms with E-state index < -0.39 is 0 Å². The van der Waals surface area contributed by atoms with Crippen LogP contribution in [0.4, 0.5) is 0 Å². The summed E-state index contributed by atoms with van der Waals surface area (Å²) in [4.78, 5) is 17.7. The van der Waals surface area contributed by atoms with Crippen LogP contribution in [0.1, 0.15) is 13.9 Å². The largest absolute Gasteiger partial charge is 0.453 e. The maximum Gasteiger partial charge on any atom is 0.171 e. The lowest BCUT2D eigenvalue weighted by Crippen LogP contribution is -2.13. The highest BCUT2D eigenvalue weighted by atomic mass is 16.8. The third-order valence-corrected chi connectivity index (χ3v) is 3.46. The van der Waals surface area contributed by atoms with Gasteiger partial charge in [0.05, 0.1) is 2.74 Å². The number of amidine groups is 2. The summed E-state index contributed by atoms with van der Waals surface area (Å²) in [7, 11) is 2.78. The molecular weight excluding hydrogens is 350 g/mol. The molecule has 27 heavy (non-hydrogen) atoms. The van der Waals surface area contributed by atoms with Crippen LogP contribution in [0.5, 0.6) is 0 Å². The van der Waals surface area contributed by atoms with E-state index in [-0.39, 0.29) is 35.3 Å². The number of nitrogens with zero attached hydrogens (tertiary/aromatic N) is 4. The average molecular weight is 370 g/mol. The molecule has 0 radical (unpaired) electrons. The number of hydrogen-bond acceptors (Lipinski definition) is 7. The van der Waals surface area contributed by atoms with Crippen molar-refractivity contribution < 1.29 is 16.8 Å². The van der Waals surface area contributed by atoms with Gasteiger partial charge in [-0.2, -0.15) is 0 Å². The van der Waals surface area contributed by atoms with E-state index in [9.17, 15) is 0 Å². The standard InChI is InChI=1S/C18H18N6O3/c1-25-23-17(19)11-3-5-13(21-9-11)15-7-8-16(27-15)14-6-4-12(10-22-14)18(20)24-26-2/h3-10H,1-2H3,(H2,19,23)(H2,20,24)/i7D,8D,23+1,24+1. The van der Waals surface area contributed by atoms with Gasteiger partial charge in [-0.25, -0.2) is 0 Å². The van der Waals surface area contributed by atoms with E-state index in [0.29, 0.717) is 22.5 Å². The fourth-order valence-electron chi connectivity index (χ4n) is 2.16. The Kier molecular flexibility index (Phi) is 4.56. The molecule has 0 saturated heterocycles. The zero-order valence-electron chi connectivity index (χ0n) is 16.6. The predicted octanol–water partition coefficient (Wildman–Crippen LogP) is 1.94. The van der Waals surface area contributed by atoms with E-state index in [2.05, 4.69) is 30.0 Å². The Balaban J connectivity index is 1.94. The summed E-state index contributed by atoms with van der Waals surface area (Å²) in [6.45, 7) is 0. The van der Waals surface area contributed by atoms with Crippen LogP contribution in [0.15, 0.2) is 63.5 Å². The van der Waals surface area contributed by atoms with Crippen molar-refractivity contribution in [3.63, 3.8) is 0 Å². The Morgan fingerprint density at radius 2 is 1.33 bits per heavy atom. The summed E-state index contributed by atoms with van der Waals surface area (Å²) in [5.74, 6) is 0.620. The van der Waals surface area contributed by atoms with Crippen LogP contribution in [-0.2, 0) is 9.68 Å². The van der Waals surface area contributed by atoms with Crippen LogP contribution in [-0.4, -0.2) is 35.9 Å². The molecule has 3 aromatic rings. The lowest BCUT2D eigenvalue weighted by Gasteiger charge is -2.02. The summed E-state index contributed by atoms with van der Waals surface area (Å²) in [5.41, 5.74) is 13.3. The smallest absolute Gasteiger partial charge is 0.171 e. The molecule has 0 atom stereocenters. The van der Waals surface area contributed by atoms with Crippen molar-refractivity contribution in [2.75, 3.05) is 14.2 Å². The summed E-state index contributed by atoms with van der Waals surface area (Å²) in [6.07, 6.45) is 2.95. The zero-order chi connectivity index (χ0) is 21.0. The first-order valence-electron chi connectivity index (χ1n) is 8.73. The average Bonchev–Trinajstić information content (AvgIpc) is 3.03. The van der Waals surface area contributed by atoms with Gasteiger partial charge in [-0.05, 0) is 36.4 Å². The maximum atomic E-state index is 8.20. The second kappa shape index (κ2) is 8.00. The molecule has 0 unspecified atom stereocenters. The van der Waals surface area contributed by atoms with Crippen LogP contribution in [0.2, 0.25) is 0 Å². The molecule has 0 aliphatic carbocycles. The molecule has 138 valence electrons. The minimum atomic E-state index is -0.106. The van der Waals surface area contributed by atoms with Crippen LogP contribution in [0, 0.1) is 0 Å². The van der Waals surface area contributed by atoms with E-state index in [0.717, 1.165) is 0 Å². The number of pyridine rings is 2. The second-order valence-corrected chi connectivity index (χ2v) is 5.19. The third kappa shape index (κ3) is 4.03. The minimum absolute atomic E-state index is 0.106. The number of furan rings is 1. The van der Waals surface area contributed by atoms with Crippen LogP contribution >= 0.6 is 0 Å². The van der Waals surface area contributed by atoms with Gasteiger partial charge in [0.15, 0.2) is 23.2 Å². The van der Waals surface area contributed by atoms with Crippen molar-refractivity contribution in [1.82, 2.24) is 9.97 Å². The molecular formula is C18H18N6O3. The van der Waals surface area contributed by atoms with Gasteiger partial charge >= 0.3 is 0 Å². The maximum absolute atomic E-state index is 8.20. The first kappa shape index (κ1) is 15.4. The van der Waals surface area contributed by atoms with Crippen molar-refractivity contribution in [1.29, 1.82) is 0 Å². The number of hydrogen-bond donors (Lipinski definition) is 2. The Morgan fingerprint density at radius 1 is 0.889 bits per heavy atom. The molecule has 0 aliphatic heterocycles. The summed E-state index contributed by atoms with van der Waals surface area (Å²) in [6, 6.07) is 6.35. The highest BCUT2D eigenvalue weighted by Crippen LogP contribution is 2.26. The van der Waals surface area contributed by atoms with E-state index in [1.165, 1.54) is 26.6 Å². The predicted molar refractivity (Wildman–Crippen MR) is 101 cm³/mol. The SMILES string of the molecule is [2H]c1c(-c2ccc(/C(N)=[15N]\OC)cn2)oc(-c2ccc(/C(N)=[15N]\OC)cn2)c1[2H]. The lowest BCUT2D eigenvalue weighted by atomic mass is 10.2. The molecule has 0 bridgehead atoms. The Morgan fingerprint density at radius 3 is 1.67 bits per heavy atom. The molecule has 9 heteroatoms. The Labute approximate surface area is 158 Å². The van der Waals surface area contributed by atoms with Crippen LogP contribution < -0.4 is 11.5 Å². The molecule has 0 amide bonds. The van der Waals surface area contributed by atoms with E-state index in [4.69, 9.17) is 18.6 Å². The van der Waals surface area contributed by atoms with Crippen molar-refractivity contribution in [2.45, 2.75) is 0 Å². The quantitative estimate of drug-likeness (QED) is 0.293. The van der Waals surface area contributed by atoms with Gasteiger partial charge in [-0.3, -0.25) is 9.97 Å². The summed E-state index contributed by atoms with van der Waals surface area (Å²) in [5, 5.41) is 7.27. The molecule has 3 heterocycles. The number of rotatable bonds is 6. The molecule has 9 nitrogen and oxygen atoms in total. The van der Waals surface area contributed by atoms with E-state index >= 15 is 0 Å². The lowest BCUT2D eigenvalue weighted by molar-refractivity contribution is 0.213. The molecule has 0 fully saturated rings. The Bertz CT molecular complexity index is 978. The molecule has 0 aromatic carbocycles. The van der Waals surface area contributed by atoms with Crippen molar-refractivity contribution in [2.24, 2.45) is 21.8 Å². The molecule has 0 aliphatic rings. The molecule has 0 spiro atoms. The summed E-state index contributed by atoms with van der Waals surface area (Å²) >= 11 is 0. The van der Waals surface area contributed by atoms with Crippen molar-refractivity contribution >= 4 is 11.7 Å². The fraction of sp³-hybridized carbons (Fsp3) is 0.111. The number of nitrogens with two attached hydrogens (primary N) is 2. The van der Waals surface area contributed by atoms with Crippen molar-refractivity contribution in [3.8, 4) is 22.9 Å². The van der Waals surface area contributed by atoms with Gasteiger partial charge in [-0.15, -0.1) is 0 Å². The minimum Gasteiger partial charge on any atom is -0.453 e. The first-order chi connectivity index (χ1) is 14.0. The second-order valence-electron chi connectivity index (χ2n) is 5.19. The van der Waals surface area contributed by atoms with Gasteiger partial charge in [0, 0.05) is 23.5 Å². The van der Waals surface area contributed by atoms with E-state index in [1.54, 1.807) is 24.3 Å². The first-order valence-corrected chi connectivity index (χ1v) is 7.73. The topological polar surface area (TPSA) is 134 Å². The highest BCUT2D eigenvalue weighted by Gasteiger charge is 2.10. The zero-order valence-corrected chi connectivity index (χ0v) is 14.6. The van der Waals surface area contributed by atoms with Gasteiger partial charge in [-0.1, -0.05) is 10.3 Å². The molecule has 0 saturated carbocycles. The number of oxime groups is 2. The monoisotopic (exact) mass is 370 g/mol. The van der Waals surface area contributed by atoms with Crippen LogP contribution in [0.25, 0.3) is 22.9 Å². The third-order valence-electron chi connectivity index (χ3n) is 3.46. The fourth-order valence-corrected chi connectivity index (χ4v) is 2.16. The molecule has 3 rings (SSSR count). The van der Waals surface area contributed by atoms with Crippen LogP contribution in [0.3, 0.4) is 0 Å². The van der Waals surface area contributed by atoms with E-state index in [1.807, 2.05) is 0 Å². The number of aromatic nitrogens is 2. The Hall–Kier alpha value is -3.88. The van der Waals surface area contributed by atoms with Gasteiger partial charge < -0.3 is 25.6 Å². The highest BCUT2D eigenvalue weighted by molar-refractivity contribution is 5.97. The molecule has 3 aromatic heterocycles.